The summed E-state index contributed by atoms with van der Waals surface area (Å²) < 4.78 is 6.37. The summed E-state index contributed by atoms with van der Waals surface area (Å²) in [5.41, 5.74) is 2.15. The van der Waals surface area contributed by atoms with E-state index in [1.807, 2.05) is 20.0 Å². The zero-order valence-corrected chi connectivity index (χ0v) is 8.95. The molecular weight excluding hydrogens is 214 g/mol. The van der Waals surface area contributed by atoms with Gasteiger partial charge in [-0.2, -0.15) is 5.10 Å². The van der Waals surface area contributed by atoms with Crippen LogP contribution in [0.5, 0.6) is 0 Å². The Kier molecular flexibility index (Phi) is 1.63. The molecule has 0 N–H and O–H groups in total. The van der Waals surface area contributed by atoms with Gasteiger partial charge in [-0.3, -0.25) is 0 Å². The molecule has 3 aromatic rings. The van der Waals surface area contributed by atoms with Gasteiger partial charge in [0.25, 0.3) is 0 Å². The summed E-state index contributed by atoms with van der Waals surface area (Å²) in [6.07, 6.45) is 1.82. The number of rotatable bonds is 1. The largest absolute Gasteiger partial charge is 0.244 e. The van der Waals surface area contributed by atoms with Crippen molar-refractivity contribution < 1.29 is 4.63 Å². The first-order valence-corrected chi connectivity index (χ1v) is 5.18. The van der Waals surface area contributed by atoms with E-state index < -0.39 is 0 Å². The minimum absolute atomic E-state index is 0.672. The van der Waals surface area contributed by atoms with Crippen molar-refractivity contribution in [2.24, 2.45) is 0 Å². The Hall–Kier alpha value is -1.76. The number of aromatic nitrogens is 5. The number of aryl methyl sites for hydroxylation is 2. The van der Waals surface area contributed by atoms with Gasteiger partial charge in [0.1, 0.15) is 16.4 Å². The van der Waals surface area contributed by atoms with Crippen LogP contribution in [-0.4, -0.2) is 24.9 Å². The molecule has 6 nitrogen and oxygen atoms in total. The fourth-order valence-corrected chi connectivity index (χ4v) is 2.10. The van der Waals surface area contributed by atoms with Gasteiger partial charge in [0.2, 0.25) is 4.96 Å². The highest BCUT2D eigenvalue weighted by molar-refractivity contribution is 7.16. The van der Waals surface area contributed by atoms with E-state index in [-0.39, 0.29) is 0 Å². The lowest BCUT2D eigenvalue weighted by Crippen LogP contribution is -1.82. The van der Waals surface area contributed by atoms with E-state index in [0.29, 0.717) is 5.69 Å². The normalized spacial score (nSPS) is 11.3. The van der Waals surface area contributed by atoms with E-state index in [9.17, 15) is 0 Å². The average molecular weight is 221 g/mol. The predicted octanol–water partition coefficient (Wildman–Crippen LogP) is 1.46. The summed E-state index contributed by atoms with van der Waals surface area (Å²) in [5, 5.41) is 12.8. The topological polar surface area (TPSA) is 69.1 Å². The first-order chi connectivity index (χ1) is 7.24. The van der Waals surface area contributed by atoms with Crippen LogP contribution in [0.1, 0.15) is 10.7 Å². The number of nitrogens with zero attached hydrogens (tertiary/aromatic N) is 5. The Morgan fingerprint density at radius 1 is 1.33 bits per heavy atom. The van der Waals surface area contributed by atoms with Gasteiger partial charge in [0.05, 0.1) is 6.20 Å². The van der Waals surface area contributed by atoms with Crippen molar-refractivity contribution in [2.75, 3.05) is 0 Å². The van der Waals surface area contributed by atoms with E-state index in [2.05, 4.69) is 25.0 Å². The Labute approximate surface area is 88.5 Å². The highest BCUT2D eigenvalue weighted by atomic mass is 32.1. The van der Waals surface area contributed by atoms with E-state index in [0.717, 1.165) is 21.4 Å². The van der Waals surface area contributed by atoms with Crippen molar-refractivity contribution in [3.8, 4) is 11.4 Å². The molecule has 3 aromatic heterocycles. The summed E-state index contributed by atoms with van der Waals surface area (Å²) in [4.78, 5) is 5.25. The van der Waals surface area contributed by atoms with Gasteiger partial charge in [-0.15, -0.1) is 0 Å². The van der Waals surface area contributed by atoms with E-state index in [4.69, 9.17) is 0 Å². The average Bonchev–Trinajstić information content (AvgIpc) is 2.78. The van der Waals surface area contributed by atoms with Gasteiger partial charge in [0.15, 0.2) is 5.69 Å². The quantitative estimate of drug-likeness (QED) is 0.622. The minimum Gasteiger partial charge on any atom is -0.244 e. The highest BCUT2D eigenvalue weighted by Crippen LogP contribution is 2.21. The maximum Gasteiger partial charge on any atom is 0.212 e. The van der Waals surface area contributed by atoms with Crippen LogP contribution in [0.3, 0.4) is 0 Å². The van der Waals surface area contributed by atoms with Gasteiger partial charge in [0, 0.05) is 0 Å². The Morgan fingerprint density at radius 3 is 2.87 bits per heavy atom. The second-order valence-corrected chi connectivity index (χ2v) is 4.33. The number of imidazole rings is 1. The lowest BCUT2D eigenvalue weighted by atomic mass is 10.3. The summed E-state index contributed by atoms with van der Waals surface area (Å²) in [7, 11) is 0. The van der Waals surface area contributed by atoms with Crippen molar-refractivity contribution in [3.05, 3.63) is 16.9 Å². The van der Waals surface area contributed by atoms with Crippen LogP contribution in [-0.2, 0) is 0 Å². The predicted molar refractivity (Wildman–Crippen MR) is 53.6 cm³/mol. The third-order valence-electron chi connectivity index (χ3n) is 2.04. The standard InChI is InChI=1S/C8H7N5OS/c1-4-7(12-14-11-4)6-3-13-8(9-6)15-5(2)10-13/h3H,1-2H3. The zero-order valence-electron chi connectivity index (χ0n) is 8.13. The van der Waals surface area contributed by atoms with Crippen LogP contribution >= 0.6 is 11.3 Å². The zero-order chi connectivity index (χ0) is 10.4. The Morgan fingerprint density at radius 2 is 2.20 bits per heavy atom. The fourth-order valence-electron chi connectivity index (χ4n) is 1.38. The molecule has 0 bridgehead atoms. The third-order valence-corrected chi connectivity index (χ3v) is 2.88. The molecule has 0 aliphatic carbocycles. The first kappa shape index (κ1) is 8.54. The second-order valence-electron chi connectivity index (χ2n) is 3.17. The second kappa shape index (κ2) is 2.86. The molecule has 3 heterocycles. The Bertz CT molecular complexity index is 590. The molecule has 7 heteroatoms. The minimum atomic E-state index is 0.672. The fraction of sp³-hybridized carbons (Fsp3) is 0.250. The molecule has 3 rings (SSSR count). The molecule has 0 saturated heterocycles. The molecule has 0 unspecified atom stereocenters. The van der Waals surface area contributed by atoms with Crippen molar-refractivity contribution >= 4 is 16.3 Å². The molecular formula is C8H7N5OS. The van der Waals surface area contributed by atoms with E-state index in [1.165, 1.54) is 11.3 Å². The summed E-state index contributed by atoms with van der Waals surface area (Å²) in [6, 6.07) is 0. The van der Waals surface area contributed by atoms with Crippen molar-refractivity contribution in [1.82, 2.24) is 24.9 Å². The number of hydrogen-bond donors (Lipinski definition) is 0. The Balaban J connectivity index is 2.20. The molecule has 0 aromatic carbocycles. The van der Waals surface area contributed by atoms with Gasteiger partial charge < -0.3 is 0 Å². The molecule has 0 spiro atoms. The monoisotopic (exact) mass is 221 g/mol. The van der Waals surface area contributed by atoms with Crippen LogP contribution in [0.2, 0.25) is 0 Å². The molecule has 0 atom stereocenters. The van der Waals surface area contributed by atoms with Crippen LogP contribution < -0.4 is 0 Å². The van der Waals surface area contributed by atoms with Crippen molar-refractivity contribution in [3.63, 3.8) is 0 Å². The molecule has 0 aliphatic heterocycles. The summed E-state index contributed by atoms with van der Waals surface area (Å²) in [5.74, 6) is 0. The van der Waals surface area contributed by atoms with Gasteiger partial charge in [-0.1, -0.05) is 16.5 Å². The van der Waals surface area contributed by atoms with Crippen LogP contribution in [0.15, 0.2) is 10.8 Å². The molecule has 15 heavy (non-hydrogen) atoms. The lowest BCUT2D eigenvalue weighted by Gasteiger charge is -1.85. The van der Waals surface area contributed by atoms with Crippen LogP contribution in [0.4, 0.5) is 0 Å². The SMILES string of the molecule is Cc1nn2cc(-c3nonc3C)nc2s1. The van der Waals surface area contributed by atoms with Crippen LogP contribution in [0.25, 0.3) is 16.3 Å². The van der Waals surface area contributed by atoms with Gasteiger partial charge in [-0.25, -0.2) is 14.1 Å². The van der Waals surface area contributed by atoms with Crippen molar-refractivity contribution in [2.45, 2.75) is 13.8 Å². The molecule has 0 radical (unpaired) electrons. The van der Waals surface area contributed by atoms with Gasteiger partial charge in [-0.05, 0) is 19.0 Å². The number of hydrogen-bond acceptors (Lipinski definition) is 6. The smallest absolute Gasteiger partial charge is 0.212 e. The molecule has 0 amide bonds. The molecule has 0 fully saturated rings. The van der Waals surface area contributed by atoms with Crippen LogP contribution in [0, 0.1) is 13.8 Å². The van der Waals surface area contributed by atoms with Crippen molar-refractivity contribution in [1.29, 1.82) is 0 Å². The van der Waals surface area contributed by atoms with Gasteiger partial charge >= 0.3 is 0 Å². The van der Waals surface area contributed by atoms with E-state index >= 15 is 0 Å². The number of fused-ring (bicyclic) bond motifs is 1. The molecule has 0 saturated carbocycles. The molecule has 76 valence electrons. The highest BCUT2D eigenvalue weighted by Gasteiger charge is 2.13. The lowest BCUT2D eigenvalue weighted by molar-refractivity contribution is 0.306. The summed E-state index contributed by atoms with van der Waals surface area (Å²) in [6.45, 7) is 3.78. The molecule has 0 aliphatic rings. The first-order valence-electron chi connectivity index (χ1n) is 4.36. The maximum absolute atomic E-state index is 4.63. The van der Waals surface area contributed by atoms with E-state index in [1.54, 1.807) is 4.52 Å². The third kappa shape index (κ3) is 1.23. The maximum atomic E-state index is 4.63. The summed E-state index contributed by atoms with van der Waals surface area (Å²) >= 11 is 1.54.